The van der Waals surface area contributed by atoms with E-state index in [-0.39, 0.29) is 0 Å². The van der Waals surface area contributed by atoms with E-state index in [0.29, 0.717) is 6.42 Å². The molecule has 0 radical (unpaired) electrons. The van der Waals surface area contributed by atoms with Crippen molar-refractivity contribution in [1.82, 2.24) is 0 Å². The molecule has 0 aliphatic heterocycles. The van der Waals surface area contributed by atoms with E-state index in [1.165, 1.54) is 0 Å². The molecule has 0 aliphatic carbocycles. The molecule has 1 unspecified atom stereocenters. The molecule has 0 aromatic heterocycles. The van der Waals surface area contributed by atoms with Gasteiger partial charge in [0, 0.05) is 0 Å². The molecule has 0 aromatic rings. The Balaban J connectivity index is 0. The Hall–Kier alpha value is -0.320. The van der Waals surface area contributed by atoms with E-state index < -0.39 is 37.4 Å². The van der Waals surface area contributed by atoms with Crippen LogP contribution in [-0.2, 0) is 0 Å². The van der Waals surface area contributed by atoms with E-state index in [1.807, 2.05) is 0 Å². The molecular weight excluding hydrogens is 220 g/mol. The van der Waals surface area contributed by atoms with Crippen molar-refractivity contribution in [3.63, 3.8) is 0 Å². The van der Waals surface area contributed by atoms with E-state index in [0.717, 1.165) is 0 Å². The highest BCUT2D eigenvalue weighted by Gasteiger charge is 2.26. The van der Waals surface area contributed by atoms with Crippen LogP contribution in [0, 0.1) is 0 Å². The lowest BCUT2D eigenvalue weighted by atomic mass is 10.1. The number of hydrogen-bond acceptors (Lipinski definition) is 8. The summed E-state index contributed by atoms with van der Waals surface area (Å²) in [6.07, 6.45) is 0.323. The minimum atomic E-state index is -2.71. The van der Waals surface area contributed by atoms with Crippen LogP contribution in [-0.4, -0.2) is 68.0 Å². The first-order valence-corrected chi connectivity index (χ1v) is 4.71. The fraction of sp³-hybridized carbons (Fsp3) is 1.00. The minimum Gasteiger partial charge on any atom is -0.394 e. The molecule has 100 valence electrons. The molecular formula is C8H22N2O6. The van der Waals surface area contributed by atoms with Gasteiger partial charge in [-0.25, -0.2) is 0 Å². The Kier molecular flexibility index (Phi) is 8.88. The summed E-state index contributed by atoms with van der Waals surface area (Å²) < 4.78 is 0. The van der Waals surface area contributed by atoms with Crippen LogP contribution in [0.1, 0.15) is 13.3 Å². The standard InChI is InChI=1S/2C4H11NO3/c5-4(1-6,2-7)3-8;1-2-3(5)4(6,7)8/h6-8H,1-3,5H2;3,6-8H,2,5H2,1H3. The SMILES string of the molecule is CCC(N)C(O)(O)O.NC(CO)(CO)CO. The molecule has 0 spiro atoms. The second-order valence-corrected chi connectivity index (χ2v) is 3.54. The van der Waals surface area contributed by atoms with Crippen molar-refractivity contribution >= 4 is 0 Å². The van der Waals surface area contributed by atoms with Crippen molar-refractivity contribution < 1.29 is 30.6 Å². The van der Waals surface area contributed by atoms with Gasteiger partial charge >= 0.3 is 0 Å². The highest BCUT2D eigenvalue weighted by Crippen LogP contribution is 2.00. The van der Waals surface area contributed by atoms with E-state index in [1.54, 1.807) is 6.92 Å². The lowest BCUT2D eigenvalue weighted by Crippen LogP contribution is -2.50. The summed E-state index contributed by atoms with van der Waals surface area (Å²) in [5, 5.41) is 49.8. The molecule has 10 N–H and O–H groups in total. The van der Waals surface area contributed by atoms with Gasteiger partial charge in [0.05, 0.1) is 31.4 Å². The second-order valence-electron chi connectivity index (χ2n) is 3.54. The topological polar surface area (TPSA) is 173 Å². The van der Waals surface area contributed by atoms with Gasteiger partial charge in [-0.05, 0) is 6.42 Å². The van der Waals surface area contributed by atoms with Gasteiger partial charge in [0.1, 0.15) is 0 Å². The Morgan fingerprint density at radius 2 is 1.31 bits per heavy atom. The quantitative estimate of drug-likeness (QED) is 0.225. The first kappa shape index (κ1) is 18.1. The van der Waals surface area contributed by atoms with Crippen molar-refractivity contribution in [2.45, 2.75) is 30.9 Å². The highest BCUT2D eigenvalue weighted by atomic mass is 16.7. The average Bonchev–Trinajstić information content (AvgIpc) is 2.26. The van der Waals surface area contributed by atoms with Gasteiger partial charge in [-0.1, -0.05) is 6.92 Å². The van der Waals surface area contributed by atoms with Crippen molar-refractivity contribution in [3.8, 4) is 0 Å². The molecule has 0 heterocycles. The molecule has 0 saturated heterocycles. The molecule has 8 heteroatoms. The molecule has 0 aromatic carbocycles. The fourth-order valence-corrected chi connectivity index (χ4v) is 0.424. The van der Waals surface area contributed by atoms with Gasteiger partial charge < -0.3 is 42.1 Å². The maximum atomic E-state index is 8.34. The summed E-state index contributed by atoms with van der Waals surface area (Å²) in [5.41, 5.74) is 8.94. The number of hydrogen-bond donors (Lipinski definition) is 8. The van der Waals surface area contributed by atoms with Gasteiger partial charge in [-0.3, -0.25) is 0 Å². The zero-order chi connectivity index (χ0) is 13.4. The Morgan fingerprint density at radius 1 is 1.00 bits per heavy atom. The van der Waals surface area contributed by atoms with E-state index >= 15 is 0 Å². The smallest absolute Gasteiger partial charge is 0.291 e. The number of nitrogens with two attached hydrogens (primary N) is 2. The van der Waals surface area contributed by atoms with Gasteiger partial charge in [0.25, 0.3) is 5.97 Å². The normalized spacial score (nSPS) is 14.1. The largest absolute Gasteiger partial charge is 0.394 e. The number of aliphatic hydroxyl groups is 6. The van der Waals surface area contributed by atoms with Crippen LogP contribution in [0.5, 0.6) is 0 Å². The Bertz CT molecular complexity index is 160. The van der Waals surface area contributed by atoms with Crippen LogP contribution < -0.4 is 11.5 Å². The molecule has 0 fully saturated rings. The van der Waals surface area contributed by atoms with Gasteiger partial charge in [-0.2, -0.15) is 0 Å². The summed E-state index contributed by atoms with van der Waals surface area (Å²) in [4.78, 5) is 0. The fourth-order valence-electron chi connectivity index (χ4n) is 0.424. The number of rotatable bonds is 5. The van der Waals surface area contributed by atoms with Gasteiger partial charge in [0.15, 0.2) is 0 Å². The molecule has 1 atom stereocenters. The van der Waals surface area contributed by atoms with E-state index in [4.69, 9.17) is 42.1 Å². The lowest BCUT2D eigenvalue weighted by Gasteiger charge is -2.20. The molecule has 16 heavy (non-hydrogen) atoms. The summed E-state index contributed by atoms with van der Waals surface area (Å²) in [6, 6.07) is -0.984. The maximum Gasteiger partial charge on any atom is 0.291 e. The van der Waals surface area contributed by atoms with Crippen LogP contribution in [0.3, 0.4) is 0 Å². The summed E-state index contributed by atoms with van der Waals surface area (Å²) >= 11 is 0. The lowest BCUT2D eigenvalue weighted by molar-refractivity contribution is -0.322. The van der Waals surface area contributed by atoms with E-state index in [9.17, 15) is 0 Å². The average molecular weight is 242 g/mol. The molecule has 0 bridgehead atoms. The highest BCUT2D eigenvalue weighted by molar-refractivity contribution is 4.80. The first-order chi connectivity index (χ1) is 7.16. The zero-order valence-electron chi connectivity index (χ0n) is 9.24. The predicted octanol–water partition coefficient (Wildman–Crippen LogP) is -3.98. The van der Waals surface area contributed by atoms with Crippen molar-refractivity contribution in [2.75, 3.05) is 19.8 Å². The summed E-state index contributed by atoms with van der Waals surface area (Å²) in [6.45, 7) is 0.433. The molecule has 0 saturated carbocycles. The molecule has 0 amide bonds. The first-order valence-electron chi connectivity index (χ1n) is 4.71. The van der Waals surface area contributed by atoms with Gasteiger partial charge in [0.2, 0.25) is 0 Å². The molecule has 8 nitrogen and oxygen atoms in total. The summed E-state index contributed by atoms with van der Waals surface area (Å²) in [7, 11) is 0. The van der Waals surface area contributed by atoms with Crippen LogP contribution in [0.2, 0.25) is 0 Å². The third-order valence-corrected chi connectivity index (χ3v) is 1.88. The maximum absolute atomic E-state index is 8.34. The third-order valence-electron chi connectivity index (χ3n) is 1.88. The Morgan fingerprint density at radius 3 is 1.31 bits per heavy atom. The Labute approximate surface area is 93.7 Å². The predicted molar refractivity (Wildman–Crippen MR) is 55.8 cm³/mol. The van der Waals surface area contributed by atoms with Crippen molar-refractivity contribution in [3.05, 3.63) is 0 Å². The van der Waals surface area contributed by atoms with E-state index in [2.05, 4.69) is 0 Å². The van der Waals surface area contributed by atoms with Crippen LogP contribution in [0.15, 0.2) is 0 Å². The molecule has 0 aliphatic rings. The number of aliphatic hydroxyl groups excluding tert-OH is 3. The van der Waals surface area contributed by atoms with Crippen LogP contribution >= 0.6 is 0 Å². The second kappa shape index (κ2) is 7.87. The van der Waals surface area contributed by atoms with Crippen molar-refractivity contribution in [1.29, 1.82) is 0 Å². The van der Waals surface area contributed by atoms with Crippen LogP contribution in [0.4, 0.5) is 0 Å². The molecule has 0 rings (SSSR count). The zero-order valence-corrected chi connectivity index (χ0v) is 9.24. The monoisotopic (exact) mass is 242 g/mol. The van der Waals surface area contributed by atoms with Gasteiger partial charge in [-0.15, -0.1) is 0 Å². The van der Waals surface area contributed by atoms with Crippen LogP contribution in [0.25, 0.3) is 0 Å². The third kappa shape index (κ3) is 7.91. The van der Waals surface area contributed by atoms with Crippen molar-refractivity contribution in [2.24, 2.45) is 11.5 Å². The minimum absolute atomic E-state index is 0.323. The summed E-state index contributed by atoms with van der Waals surface area (Å²) in [5.74, 6) is -2.71.